The van der Waals surface area contributed by atoms with E-state index in [9.17, 15) is 5.11 Å². The van der Waals surface area contributed by atoms with E-state index < -0.39 is 5.60 Å². The van der Waals surface area contributed by atoms with Crippen LogP contribution in [0.5, 0.6) is 0 Å². The molecule has 0 saturated carbocycles. The monoisotopic (exact) mass is 313 g/mol. The first-order chi connectivity index (χ1) is 10.6. The second kappa shape index (κ2) is 5.96. The third kappa shape index (κ3) is 2.78. The Morgan fingerprint density at radius 1 is 1.14 bits per heavy atom. The number of aliphatic hydroxyl groups is 1. The van der Waals surface area contributed by atoms with Gasteiger partial charge in [-0.2, -0.15) is 5.26 Å². The van der Waals surface area contributed by atoms with E-state index in [2.05, 4.69) is 16.0 Å². The van der Waals surface area contributed by atoms with E-state index in [4.69, 9.17) is 16.9 Å². The maximum atomic E-state index is 10.9. The van der Waals surface area contributed by atoms with Gasteiger partial charge >= 0.3 is 0 Å². The van der Waals surface area contributed by atoms with Gasteiger partial charge in [0.25, 0.3) is 0 Å². The zero-order chi connectivity index (χ0) is 15.6. The molecule has 5 heteroatoms. The standard InChI is InChI=1S/C17H16ClN3O/c18-15-6-2-1-5-14(15)17(22)8-10-21(11-9-17)16-7-3-4-13(12-19)20-16/h1-7,22H,8-11H2. The average molecular weight is 314 g/mol. The number of benzene rings is 1. The van der Waals surface area contributed by atoms with Gasteiger partial charge in [-0.1, -0.05) is 35.9 Å². The molecule has 1 aliphatic rings. The number of aromatic nitrogens is 1. The summed E-state index contributed by atoms with van der Waals surface area (Å²) in [7, 11) is 0. The lowest BCUT2D eigenvalue weighted by atomic mass is 9.84. The van der Waals surface area contributed by atoms with E-state index in [1.54, 1.807) is 12.1 Å². The van der Waals surface area contributed by atoms with Crippen molar-refractivity contribution in [3.8, 4) is 6.07 Å². The molecule has 1 aliphatic heterocycles. The van der Waals surface area contributed by atoms with Gasteiger partial charge in [-0.3, -0.25) is 0 Å². The van der Waals surface area contributed by atoms with Crippen molar-refractivity contribution in [1.82, 2.24) is 4.98 Å². The minimum Gasteiger partial charge on any atom is -0.385 e. The Morgan fingerprint density at radius 2 is 1.86 bits per heavy atom. The van der Waals surface area contributed by atoms with Crippen LogP contribution in [0.3, 0.4) is 0 Å². The molecule has 112 valence electrons. The number of hydrogen-bond acceptors (Lipinski definition) is 4. The van der Waals surface area contributed by atoms with E-state index in [0.717, 1.165) is 11.4 Å². The van der Waals surface area contributed by atoms with E-state index in [1.165, 1.54) is 0 Å². The van der Waals surface area contributed by atoms with Gasteiger partial charge in [-0.25, -0.2) is 4.98 Å². The van der Waals surface area contributed by atoms with Gasteiger partial charge < -0.3 is 10.0 Å². The SMILES string of the molecule is N#Cc1cccc(N2CCC(O)(c3ccccc3Cl)CC2)n1. The van der Waals surface area contributed by atoms with Crippen LogP contribution in [-0.2, 0) is 5.60 Å². The Labute approximate surface area is 134 Å². The Hall–Kier alpha value is -2.09. The first-order valence-electron chi connectivity index (χ1n) is 7.22. The number of piperidine rings is 1. The summed E-state index contributed by atoms with van der Waals surface area (Å²) in [6, 6.07) is 14.9. The lowest BCUT2D eigenvalue weighted by Gasteiger charge is -2.39. The molecule has 0 unspecified atom stereocenters. The summed E-state index contributed by atoms with van der Waals surface area (Å²) in [5.41, 5.74) is 0.293. The molecule has 4 nitrogen and oxygen atoms in total. The third-order valence-corrected chi connectivity index (χ3v) is 4.47. The molecule has 0 aliphatic carbocycles. The summed E-state index contributed by atoms with van der Waals surface area (Å²) in [5.74, 6) is 0.778. The maximum absolute atomic E-state index is 10.9. The number of hydrogen-bond donors (Lipinski definition) is 1. The number of halogens is 1. The van der Waals surface area contributed by atoms with Gasteiger partial charge in [0.2, 0.25) is 0 Å². The Bertz CT molecular complexity index is 718. The van der Waals surface area contributed by atoms with Crippen molar-refractivity contribution < 1.29 is 5.11 Å². The summed E-state index contributed by atoms with van der Waals surface area (Å²) >= 11 is 6.22. The maximum Gasteiger partial charge on any atom is 0.142 e. The molecule has 22 heavy (non-hydrogen) atoms. The number of nitrogens with zero attached hydrogens (tertiary/aromatic N) is 3. The molecule has 1 saturated heterocycles. The Balaban J connectivity index is 1.77. The molecular weight excluding hydrogens is 298 g/mol. The molecule has 1 N–H and O–H groups in total. The normalized spacial score (nSPS) is 17.0. The van der Waals surface area contributed by atoms with Gasteiger partial charge in [0.1, 0.15) is 17.6 Å². The molecule has 2 heterocycles. The molecule has 0 bridgehead atoms. The molecule has 1 fully saturated rings. The van der Waals surface area contributed by atoms with Crippen molar-refractivity contribution in [3.05, 3.63) is 58.7 Å². The fraction of sp³-hybridized carbons (Fsp3) is 0.294. The van der Waals surface area contributed by atoms with Crippen LogP contribution in [0.1, 0.15) is 24.1 Å². The largest absolute Gasteiger partial charge is 0.385 e. The van der Waals surface area contributed by atoms with Crippen molar-refractivity contribution >= 4 is 17.4 Å². The average Bonchev–Trinajstić information content (AvgIpc) is 2.56. The molecular formula is C17H16ClN3O. The smallest absolute Gasteiger partial charge is 0.142 e. The predicted octanol–water partition coefficient (Wildman–Crippen LogP) is 3.09. The highest BCUT2D eigenvalue weighted by Gasteiger charge is 2.35. The van der Waals surface area contributed by atoms with Crippen LogP contribution < -0.4 is 4.90 Å². The molecule has 0 radical (unpaired) electrons. The summed E-state index contributed by atoms with van der Waals surface area (Å²) in [5, 5.41) is 20.4. The van der Waals surface area contributed by atoms with Crippen molar-refractivity contribution in [3.63, 3.8) is 0 Å². The van der Waals surface area contributed by atoms with Crippen LogP contribution in [0.25, 0.3) is 0 Å². The second-order valence-corrected chi connectivity index (χ2v) is 5.90. The van der Waals surface area contributed by atoms with Crippen LogP contribution in [0.4, 0.5) is 5.82 Å². The number of anilines is 1. The molecule has 2 aromatic rings. The fourth-order valence-corrected chi connectivity index (χ4v) is 3.19. The molecule has 1 aromatic heterocycles. The van der Waals surface area contributed by atoms with Crippen LogP contribution in [0.2, 0.25) is 5.02 Å². The van der Waals surface area contributed by atoms with Crippen molar-refractivity contribution in [2.75, 3.05) is 18.0 Å². The molecule has 3 rings (SSSR count). The zero-order valence-corrected chi connectivity index (χ0v) is 12.8. The highest BCUT2D eigenvalue weighted by Crippen LogP contribution is 2.37. The van der Waals surface area contributed by atoms with E-state index in [0.29, 0.717) is 36.6 Å². The third-order valence-electron chi connectivity index (χ3n) is 4.14. The van der Waals surface area contributed by atoms with Gasteiger partial charge in [0, 0.05) is 23.7 Å². The Morgan fingerprint density at radius 3 is 2.55 bits per heavy atom. The predicted molar refractivity (Wildman–Crippen MR) is 85.7 cm³/mol. The van der Waals surface area contributed by atoms with Crippen molar-refractivity contribution in [2.45, 2.75) is 18.4 Å². The van der Waals surface area contributed by atoms with Gasteiger partial charge in [-0.05, 0) is 31.0 Å². The molecule has 1 aromatic carbocycles. The lowest BCUT2D eigenvalue weighted by Crippen LogP contribution is -2.43. The summed E-state index contributed by atoms with van der Waals surface area (Å²) in [4.78, 5) is 6.40. The minimum atomic E-state index is -0.901. The van der Waals surface area contributed by atoms with Crippen LogP contribution in [-0.4, -0.2) is 23.2 Å². The molecule has 0 spiro atoms. The van der Waals surface area contributed by atoms with Crippen LogP contribution >= 0.6 is 11.6 Å². The first kappa shape index (κ1) is 14.8. The van der Waals surface area contributed by atoms with Crippen LogP contribution in [0.15, 0.2) is 42.5 Å². The fourth-order valence-electron chi connectivity index (χ4n) is 2.88. The van der Waals surface area contributed by atoms with E-state index in [1.807, 2.05) is 30.3 Å². The van der Waals surface area contributed by atoms with Gasteiger partial charge in [0.05, 0.1) is 5.60 Å². The van der Waals surface area contributed by atoms with Gasteiger partial charge in [-0.15, -0.1) is 0 Å². The topological polar surface area (TPSA) is 60.2 Å². The summed E-state index contributed by atoms with van der Waals surface area (Å²) in [6.07, 6.45) is 1.16. The van der Waals surface area contributed by atoms with E-state index in [-0.39, 0.29) is 0 Å². The minimum absolute atomic E-state index is 0.407. The van der Waals surface area contributed by atoms with Crippen molar-refractivity contribution in [1.29, 1.82) is 5.26 Å². The van der Waals surface area contributed by atoms with Crippen LogP contribution in [0, 0.1) is 11.3 Å². The number of pyridine rings is 1. The highest BCUT2D eigenvalue weighted by molar-refractivity contribution is 6.31. The second-order valence-electron chi connectivity index (χ2n) is 5.49. The quantitative estimate of drug-likeness (QED) is 0.925. The number of nitriles is 1. The highest BCUT2D eigenvalue weighted by atomic mass is 35.5. The van der Waals surface area contributed by atoms with E-state index >= 15 is 0 Å². The summed E-state index contributed by atoms with van der Waals surface area (Å²) in [6.45, 7) is 1.34. The Kier molecular flexibility index (Phi) is 4.02. The molecule has 0 atom stereocenters. The number of rotatable bonds is 2. The van der Waals surface area contributed by atoms with Crippen molar-refractivity contribution in [2.24, 2.45) is 0 Å². The van der Waals surface area contributed by atoms with Gasteiger partial charge in [0.15, 0.2) is 0 Å². The summed E-state index contributed by atoms with van der Waals surface area (Å²) < 4.78 is 0. The zero-order valence-electron chi connectivity index (χ0n) is 12.0. The first-order valence-corrected chi connectivity index (χ1v) is 7.60. The lowest BCUT2D eigenvalue weighted by molar-refractivity contribution is 0.0117. The molecule has 0 amide bonds.